The van der Waals surface area contributed by atoms with Crippen LogP contribution in [0.15, 0.2) is 0 Å². The van der Waals surface area contributed by atoms with Crippen molar-refractivity contribution >= 4 is 42.8 Å². The fourth-order valence-corrected chi connectivity index (χ4v) is 41.6. The molecule has 1 aliphatic rings. The predicted molar refractivity (Wildman–Crippen MR) is 192 cm³/mol. The van der Waals surface area contributed by atoms with Crippen molar-refractivity contribution in [3.63, 3.8) is 0 Å². The Labute approximate surface area is 282 Å². The van der Waals surface area contributed by atoms with E-state index in [0.29, 0.717) is 0 Å². The van der Waals surface area contributed by atoms with Crippen molar-refractivity contribution in [2.75, 3.05) is 35.5 Å². The first-order chi connectivity index (χ1) is 20.7. The van der Waals surface area contributed by atoms with E-state index in [1.54, 1.807) is 35.5 Å². The van der Waals surface area contributed by atoms with Gasteiger partial charge < -0.3 is 44.3 Å². The summed E-state index contributed by atoms with van der Waals surface area (Å²) in [5.74, 6) is 0. The first-order valence-corrected chi connectivity index (χ1v) is 26.7. The van der Waals surface area contributed by atoms with Crippen molar-refractivity contribution in [3.05, 3.63) is 0 Å². The third kappa shape index (κ3) is 8.03. The van der Waals surface area contributed by atoms with Crippen LogP contribution in [0.2, 0.25) is 27.7 Å². The van der Waals surface area contributed by atoms with Crippen LogP contribution in [0.4, 0.5) is 0 Å². The van der Waals surface area contributed by atoms with Gasteiger partial charge in [-0.1, -0.05) is 69.2 Å². The Kier molecular flexibility index (Phi) is 16.6. The van der Waals surface area contributed by atoms with E-state index in [1.165, 1.54) is 0 Å². The molecule has 1 aliphatic heterocycles. The standard InChI is InChI=1S/C30H70O10Si5/c1-21(2)41(26(11)31-16)36-42(22(3)4,27(12)32-17)38-44(24(7)8,29(14)34-19)40-45(25(9)10,30(15)35-20)39-43(37-41,23(5)6)28(13)33-18/h21-30H,1-20H3. The van der Waals surface area contributed by atoms with Crippen molar-refractivity contribution in [2.24, 2.45) is 0 Å². The molecular formula is C30H70O10Si5. The number of rotatable bonds is 15. The van der Waals surface area contributed by atoms with Gasteiger partial charge in [0.25, 0.3) is 0 Å². The Balaban J connectivity index is 4.79. The van der Waals surface area contributed by atoms with Crippen LogP contribution in [-0.2, 0) is 44.3 Å². The Hall–Kier alpha value is 0.684. The maximum Gasteiger partial charge on any atom is 0.352 e. The molecule has 0 radical (unpaired) electrons. The molecule has 1 heterocycles. The lowest BCUT2D eigenvalue weighted by Crippen LogP contribution is -2.81. The van der Waals surface area contributed by atoms with Crippen LogP contribution < -0.4 is 0 Å². The Bertz CT molecular complexity index is 721. The predicted octanol–water partition coefficient (Wildman–Crippen LogP) is 7.21. The fourth-order valence-electron chi connectivity index (χ4n) is 6.53. The molecular weight excluding hydrogens is 661 g/mol. The number of ether oxygens (including phenoxy) is 5. The smallest absolute Gasteiger partial charge is 0.352 e. The molecule has 270 valence electrons. The third-order valence-electron chi connectivity index (χ3n) is 10.2. The van der Waals surface area contributed by atoms with Crippen LogP contribution in [0.1, 0.15) is 104 Å². The van der Waals surface area contributed by atoms with E-state index in [9.17, 15) is 0 Å². The molecule has 0 N–H and O–H groups in total. The van der Waals surface area contributed by atoms with Crippen molar-refractivity contribution in [1.82, 2.24) is 0 Å². The van der Waals surface area contributed by atoms with Crippen molar-refractivity contribution < 1.29 is 44.3 Å². The zero-order valence-electron chi connectivity index (χ0n) is 32.4. The molecule has 0 spiro atoms. The lowest BCUT2D eigenvalue weighted by molar-refractivity contribution is 0.0504. The van der Waals surface area contributed by atoms with Gasteiger partial charge in [0, 0.05) is 35.5 Å². The van der Waals surface area contributed by atoms with E-state index in [2.05, 4.69) is 104 Å². The summed E-state index contributed by atoms with van der Waals surface area (Å²) >= 11 is 0. The molecule has 1 saturated heterocycles. The van der Waals surface area contributed by atoms with E-state index >= 15 is 0 Å². The molecule has 0 bridgehead atoms. The summed E-state index contributed by atoms with van der Waals surface area (Å²) in [5.41, 5.74) is -1.97. The van der Waals surface area contributed by atoms with Crippen molar-refractivity contribution in [1.29, 1.82) is 0 Å². The summed E-state index contributed by atoms with van der Waals surface area (Å²) in [5, 5.41) is 0. The van der Waals surface area contributed by atoms with Gasteiger partial charge in [-0.25, -0.2) is 0 Å². The van der Waals surface area contributed by atoms with E-state index in [-0.39, 0.29) is 56.3 Å². The summed E-state index contributed by atoms with van der Waals surface area (Å²) in [6.07, 6.45) is 0. The highest BCUT2D eigenvalue weighted by molar-refractivity contribution is 6.97. The average molecular weight is 731 g/mol. The number of hydrogen-bond donors (Lipinski definition) is 0. The highest BCUT2D eigenvalue weighted by atomic mass is 28.5. The van der Waals surface area contributed by atoms with Gasteiger partial charge in [-0.05, 0) is 62.3 Å². The van der Waals surface area contributed by atoms with Crippen LogP contribution in [0, 0.1) is 0 Å². The summed E-state index contributed by atoms with van der Waals surface area (Å²) in [6.45, 7) is 32.1. The fraction of sp³-hybridized carbons (Fsp3) is 1.00. The van der Waals surface area contributed by atoms with Gasteiger partial charge in [0.2, 0.25) is 0 Å². The van der Waals surface area contributed by atoms with E-state index in [0.717, 1.165) is 0 Å². The molecule has 5 atom stereocenters. The Morgan fingerprint density at radius 3 is 0.444 bits per heavy atom. The van der Waals surface area contributed by atoms with Crippen LogP contribution in [-0.4, -0.2) is 107 Å². The van der Waals surface area contributed by atoms with Crippen LogP contribution in [0.25, 0.3) is 0 Å². The van der Waals surface area contributed by atoms with Gasteiger partial charge in [0.1, 0.15) is 0 Å². The Morgan fingerprint density at radius 1 is 0.267 bits per heavy atom. The Morgan fingerprint density at radius 2 is 0.378 bits per heavy atom. The van der Waals surface area contributed by atoms with E-state index in [1.807, 2.05) is 0 Å². The number of methoxy groups -OCH3 is 5. The van der Waals surface area contributed by atoms with Crippen LogP contribution >= 0.6 is 0 Å². The monoisotopic (exact) mass is 730 g/mol. The summed E-state index contributed by atoms with van der Waals surface area (Å²) < 4.78 is 70.2. The zero-order chi connectivity index (χ0) is 35.3. The van der Waals surface area contributed by atoms with Crippen molar-refractivity contribution in [3.8, 4) is 0 Å². The van der Waals surface area contributed by atoms with Gasteiger partial charge in [-0.3, -0.25) is 0 Å². The first kappa shape index (κ1) is 43.7. The highest BCUT2D eigenvalue weighted by Crippen LogP contribution is 2.50. The van der Waals surface area contributed by atoms with Gasteiger partial charge in [-0.2, -0.15) is 0 Å². The molecule has 0 amide bonds. The summed E-state index contributed by atoms with van der Waals surface area (Å²) in [6, 6.07) is 0. The molecule has 0 aromatic carbocycles. The zero-order valence-corrected chi connectivity index (χ0v) is 37.4. The molecule has 0 aliphatic carbocycles. The largest absolute Gasteiger partial charge is 0.412 e. The topological polar surface area (TPSA) is 92.3 Å². The maximum atomic E-state index is 7.81. The second-order valence-electron chi connectivity index (χ2n) is 14.3. The molecule has 1 rings (SSSR count). The second kappa shape index (κ2) is 17.1. The minimum Gasteiger partial charge on any atom is -0.412 e. The van der Waals surface area contributed by atoms with Crippen LogP contribution in [0.5, 0.6) is 0 Å². The van der Waals surface area contributed by atoms with Gasteiger partial charge >= 0.3 is 42.8 Å². The quantitative estimate of drug-likeness (QED) is 0.161. The SMILES string of the molecule is COC(C)[Si]1(C(C)C)O[Si](C(C)C)(C(C)OC)O[Si](C(C)C)(C(C)OC)O[Si](C(C)C)(C(C)OC)O[Si](C(C)C)(C(C)OC)O1. The molecule has 5 unspecified atom stereocenters. The van der Waals surface area contributed by atoms with Crippen molar-refractivity contribution in [2.45, 2.75) is 160 Å². The average Bonchev–Trinajstić information content (AvgIpc) is 2.99. The highest BCUT2D eigenvalue weighted by Gasteiger charge is 2.72. The lowest BCUT2D eigenvalue weighted by atomic mass is 10.6. The normalized spacial score (nSPS) is 35.7. The van der Waals surface area contributed by atoms with Crippen LogP contribution in [0.3, 0.4) is 0 Å². The second-order valence-corrected chi connectivity index (χ2v) is 35.4. The molecule has 0 aromatic rings. The molecule has 0 aromatic heterocycles. The minimum atomic E-state index is -3.44. The third-order valence-corrected chi connectivity index (χ3v) is 37.9. The van der Waals surface area contributed by atoms with Gasteiger partial charge in [0.15, 0.2) is 0 Å². The lowest BCUT2D eigenvalue weighted by Gasteiger charge is -2.60. The first-order valence-electron chi connectivity index (χ1n) is 16.8. The van der Waals surface area contributed by atoms with Gasteiger partial charge in [-0.15, -0.1) is 0 Å². The number of hydrogen-bond acceptors (Lipinski definition) is 10. The summed E-state index contributed by atoms with van der Waals surface area (Å²) in [4.78, 5) is 0. The van der Waals surface area contributed by atoms with E-state index < -0.39 is 42.8 Å². The van der Waals surface area contributed by atoms with E-state index in [4.69, 9.17) is 44.3 Å². The summed E-state index contributed by atoms with van der Waals surface area (Å²) in [7, 11) is -8.55. The molecule has 10 nitrogen and oxygen atoms in total. The molecule has 1 fully saturated rings. The molecule has 15 heteroatoms. The van der Waals surface area contributed by atoms with Gasteiger partial charge in [0.05, 0.1) is 28.6 Å². The molecule has 45 heavy (non-hydrogen) atoms. The minimum absolute atomic E-state index is 0.0331. The maximum absolute atomic E-state index is 7.81. The molecule has 0 saturated carbocycles.